The Labute approximate surface area is 289 Å². The van der Waals surface area contributed by atoms with Gasteiger partial charge in [0.2, 0.25) is 0 Å². The number of aromatic nitrogens is 3. The van der Waals surface area contributed by atoms with E-state index in [9.17, 15) is 31.2 Å². The van der Waals surface area contributed by atoms with Gasteiger partial charge in [0.05, 0.1) is 30.1 Å². The highest BCUT2D eigenvalue weighted by molar-refractivity contribution is 9.10. The van der Waals surface area contributed by atoms with Crippen molar-refractivity contribution in [3.63, 3.8) is 0 Å². The molecular formula is C31H33Br2N3O9S2. The van der Waals surface area contributed by atoms with Gasteiger partial charge >= 0.3 is 11.9 Å². The molecule has 1 heterocycles. The van der Waals surface area contributed by atoms with E-state index in [1.54, 1.807) is 86.6 Å². The van der Waals surface area contributed by atoms with Crippen molar-refractivity contribution in [2.24, 2.45) is 0 Å². The van der Waals surface area contributed by atoms with Gasteiger partial charge in [-0.15, -0.1) is 5.10 Å². The topological polar surface area (TPSA) is 169 Å². The Balaban J connectivity index is 0.000000300. The number of rotatable bonds is 13. The predicted octanol–water partition coefficient (Wildman–Crippen LogP) is 4.42. The van der Waals surface area contributed by atoms with E-state index in [2.05, 4.69) is 46.9 Å². The first-order valence-electron chi connectivity index (χ1n) is 14.3. The lowest BCUT2D eigenvalue weighted by atomic mass is 10.2. The molecule has 1 unspecified atom stereocenters. The van der Waals surface area contributed by atoms with Crippen LogP contribution in [-0.4, -0.2) is 68.0 Å². The molecule has 0 aliphatic rings. The Bertz CT molecular complexity index is 1950. The maximum absolute atomic E-state index is 13.0. The van der Waals surface area contributed by atoms with E-state index >= 15 is 0 Å². The first-order chi connectivity index (χ1) is 22.2. The fraction of sp³-hybridized carbons (Fsp3) is 0.323. The molecule has 0 aliphatic carbocycles. The van der Waals surface area contributed by atoms with Gasteiger partial charge in [0.1, 0.15) is 11.3 Å². The molecule has 0 radical (unpaired) electrons. The van der Waals surface area contributed by atoms with Crippen LogP contribution in [-0.2, 0) is 56.8 Å². The first-order valence-corrected chi connectivity index (χ1v) is 19.4. The van der Waals surface area contributed by atoms with Crippen LogP contribution in [0.25, 0.3) is 10.9 Å². The Morgan fingerprint density at radius 3 is 1.94 bits per heavy atom. The second kappa shape index (κ2) is 17.6. The Kier molecular flexibility index (Phi) is 14.2. The minimum Gasteiger partial charge on any atom is -0.465 e. The number of halogens is 2. The van der Waals surface area contributed by atoms with Gasteiger partial charge in [-0.3, -0.25) is 14.4 Å². The molecule has 3 aromatic carbocycles. The summed E-state index contributed by atoms with van der Waals surface area (Å²) in [6.45, 7) is 3.40. The summed E-state index contributed by atoms with van der Waals surface area (Å²) in [7, 11) is -7.35. The Morgan fingerprint density at radius 1 is 0.809 bits per heavy atom. The molecule has 0 N–H and O–H groups in total. The molecule has 4 rings (SSSR count). The third kappa shape index (κ3) is 11.9. The molecule has 0 fully saturated rings. The zero-order valence-corrected chi connectivity index (χ0v) is 30.3. The SMILES string of the molecule is CCOC(=O)C(CCn1nnc2ccccc2c1=O)S(=O)(=O)Cc1ccc(Br)cc1.CCOC(=O)CS(=O)(=O)Cc1ccc(Br)cc1. The van der Waals surface area contributed by atoms with Crippen molar-refractivity contribution in [2.45, 2.75) is 43.6 Å². The molecule has 0 spiro atoms. The van der Waals surface area contributed by atoms with Crippen molar-refractivity contribution >= 4 is 74.4 Å². The van der Waals surface area contributed by atoms with Gasteiger partial charge in [-0.2, -0.15) is 0 Å². The van der Waals surface area contributed by atoms with Crippen LogP contribution in [0.5, 0.6) is 0 Å². The van der Waals surface area contributed by atoms with E-state index in [1.165, 1.54) is 0 Å². The number of fused-ring (bicyclic) bond motifs is 1. The zero-order chi connectivity index (χ0) is 34.6. The van der Waals surface area contributed by atoms with Crippen LogP contribution >= 0.6 is 31.9 Å². The van der Waals surface area contributed by atoms with Crippen LogP contribution in [0.3, 0.4) is 0 Å². The molecule has 1 aromatic heterocycles. The largest absolute Gasteiger partial charge is 0.465 e. The van der Waals surface area contributed by atoms with E-state index in [0.29, 0.717) is 22.0 Å². The van der Waals surface area contributed by atoms with Crippen molar-refractivity contribution in [3.8, 4) is 0 Å². The maximum atomic E-state index is 13.0. The first kappa shape index (κ1) is 38.0. The highest BCUT2D eigenvalue weighted by Gasteiger charge is 2.34. The molecule has 0 saturated carbocycles. The van der Waals surface area contributed by atoms with Crippen LogP contribution in [0.4, 0.5) is 0 Å². The highest BCUT2D eigenvalue weighted by Crippen LogP contribution is 2.19. The number of benzene rings is 3. The predicted molar refractivity (Wildman–Crippen MR) is 184 cm³/mol. The smallest absolute Gasteiger partial charge is 0.324 e. The molecule has 0 amide bonds. The van der Waals surface area contributed by atoms with E-state index in [0.717, 1.165) is 13.6 Å². The Morgan fingerprint density at radius 2 is 1.36 bits per heavy atom. The molecule has 12 nitrogen and oxygen atoms in total. The molecule has 1 atom stereocenters. The average Bonchev–Trinajstić information content (AvgIpc) is 3.01. The molecule has 0 aliphatic heterocycles. The van der Waals surface area contributed by atoms with Crippen molar-refractivity contribution in [3.05, 3.63) is 103 Å². The van der Waals surface area contributed by atoms with Gasteiger partial charge in [-0.05, 0) is 67.8 Å². The second-order valence-corrected chi connectivity index (χ2v) is 16.1. The third-order valence-corrected chi connectivity index (χ3v) is 11.0. The number of esters is 2. The van der Waals surface area contributed by atoms with Gasteiger partial charge < -0.3 is 9.47 Å². The van der Waals surface area contributed by atoms with Gasteiger partial charge in [0.25, 0.3) is 5.56 Å². The molecule has 0 saturated heterocycles. The number of ether oxygens (including phenoxy) is 2. The second-order valence-electron chi connectivity index (χ2n) is 10.1. The van der Waals surface area contributed by atoms with Gasteiger partial charge in [-0.25, -0.2) is 21.5 Å². The minimum absolute atomic E-state index is 0.0544. The lowest BCUT2D eigenvalue weighted by Gasteiger charge is -2.17. The third-order valence-electron chi connectivity index (χ3n) is 6.44. The summed E-state index contributed by atoms with van der Waals surface area (Å²) in [5.74, 6) is -2.58. The monoisotopic (exact) mass is 813 g/mol. The minimum atomic E-state index is -3.89. The summed E-state index contributed by atoms with van der Waals surface area (Å²) in [6.07, 6.45) is -0.148. The number of hydrogen-bond acceptors (Lipinski definition) is 11. The van der Waals surface area contributed by atoms with Gasteiger partial charge in [0.15, 0.2) is 24.9 Å². The molecule has 47 heavy (non-hydrogen) atoms. The quantitative estimate of drug-likeness (QED) is 0.175. The number of sulfone groups is 2. The molecule has 4 aromatic rings. The maximum Gasteiger partial charge on any atom is 0.324 e. The van der Waals surface area contributed by atoms with Crippen LogP contribution in [0.1, 0.15) is 31.4 Å². The van der Waals surface area contributed by atoms with E-state index in [4.69, 9.17) is 4.74 Å². The summed E-state index contributed by atoms with van der Waals surface area (Å²) in [6, 6.07) is 20.5. The lowest BCUT2D eigenvalue weighted by molar-refractivity contribution is -0.143. The fourth-order valence-electron chi connectivity index (χ4n) is 4.27. The summed E-state index contributed by atoms with van der Waals surface area (Å²) in [4.78, 5) is 36.1. The number of aryl methyl sites for hydroxylation is 1. The van der Waals surface area contributed by atoms with Gasteiger partial charge in [0, 0.05) is 15.5 Å². The fourth-order valence-corrected chi connectivity index (χ4v) is 7.73. The summed E-state index contributed by atoms with van der Waals surface area (Å²) < 4.78 is 61.7. The van der Waals surface area contributed by atoms with Crippen molar-refractivity contribution in [1.82, 2.24) is 15.0 Å². The number of nitrogens with zero attached hydrogens (tertiary/aromatic N) is 3. The molecule has 0 bridgehead atoms. The number of carbonyl (C=O) groups is 2. The molecule has 252 valence electrons. The van der Waals surface area contributed by atoms with Gasteiger partial charge in [-0.1, -0.05) is 73.5 Å². The summed E-state index contributed by atoms with van der Waals surface area (Å²) >= 11 is 6.57. The van der Waals surface area contributed by atoms with Crippen molar-refractivity contribution in [2.75, 3.05) is 19.0 Å². The summed E-state index contributed by atoms with van der Waals surface area (Å²) in [5, 5.41) is 6.80. The lowest BCUT2D eigenvalue weighted by Crippen LogP contribution is -2.36. The summed E-state index contributed by atoms with van der Waals surface area (Å²) in [5.41, 5.74) is 1.25. The number of carbonyl (C=O) groups excluding carboxylic acids is 2. The standard InChI is InChI=1S/C20H20BrN3O5S.C11H13BrO4S/c1-2-29-20(26)18(30(27,28)13-14-7-9-15(21)10-8-14)11-12-24-19(25)16-5-3-4-6-17(16)22-23-24;1-2-16-11(13)8-17(14,15)7-9-3-5-10(12)6-4-9/h3-10,18H,2,11-13H2,1H3;3-6H,2,7-8H2,1H3. The van der Waals surface area contributed by atoms with Crippen LogP contribution in [0.2, 0.25) is 0 Å². The van der Waals surface area contributed by atoms with Crippen LogP contribution in [0.15, 0.2) is 86.5 Å². The highest BCUT2D eigenvalue weighted by atomic mass is 79.9. The van der Waals surface area contributed by atoms with E-state index < -0.39 is 48.2 Å². The average molecular weight is 816 g/mol. The van der Waals surface area contributed by atoms with Crippen molar-refractivity contribution in [1.29, 1.82) is 0 Å². The van der Waals surface area contributed by atoms with Crippen LogP contribution in [0, 0.1) is 0 Å². The van der Waals surface area contributed by atoms with Crippen molar-refractivity contribution < 1.29 is 35.9 Å². The molecular weight excluding hydrogens is 782 g/mol. The van der Waals surface area contributed by atoms with E-state index in [-0.39, 0.29) is 37.7 Å². The number of hydrogen-bond donors (Lipinski definition) is 0. The van der Waals surface area contributed by atoms with Crippen LogP contribution < -0.4 is 5.56 Å². The normalized spacial score (nSPS) is 12.1. The zero-order valence-electron chi connectivity index (χ0n) is 25.5. The Hall–Kier alpha value is -3.47. The van der Waals surface area contributed by atoms with E-state index in [1.807, 2.05) is 0 Å². The molecule has 16 heteroatoms.